The highest BCUT2D eigenvalue weighted by molar-refractivity contribution is 5.87. The van der Waals surface area contributed by atoms with Crippen LogP contribution >= 0.6 is 0 Å². The van der Waals surface area contributed by atoms with Gasteiger partial charge in [0.25, 0.3) is 0 Å². The summed E-state index contributed by atoms with van der Waals surface area (Å²) in [5, 5.41) is 20.0. The monoisotopic (exact) mass is 338 g/mol. The van der Waals surface area contributed by atoms with Gasteiger partial charge in [0, 0.05) is 5.57 Å². The lowest BCUT2D eigenvalue weighted by atomic mass is 9.48. The average molecular weight is 338 g/mol. The molecule has 0 aliphatic heterocycles. The number of rotatable bonds is 6. The van der Waals surface area contributed by atoms with Gasteiger partial charge in [-0.2, -0.15) is 0 Å². The lowest BCUT2D eigenvalue weighted by Crippen LogP contribution is -2.58. The minimum Gasteiger partial charge on any atom is -0.461 e. The lowest BCUT2D eigenvalue weighted by molar-refractivity contribution is -0.199. The molecule has 2 N–H and O–H groups in total. The van der Waals surface area contributed by atoms with Gasteiger partial charge < -0.3 is 19.7 Å². The summed E-state index contributed by atoms with van der Waals surface area (Å²) in [6, 6.07) is 0. The number of ether oxygens (including phenoxy) is 2. The zero-order chi connectivity index (χ0) is 17.5. The highest BCUT2D eigenvalue weighted by atomic mass is 16.6. The normalized spacial score (nSPS) is 37.8. The lowest BCUT2D eigenvalue weighted by Gasteiger charge is -2.58. The van der Waals surface area contributed by atoms with Crippen molar-refractivity contribution in [3.8, 4) is 0 Å². The summed E-state index contributed by atoms with van der Waals surface area (Å²) in [6.45, 7) is 4.39. The van der Waals surface area contributed by atoms with Crippen molar-refractivity contribution in [1.29, 1.82) is 0 Å². The molecule has 134 valence electrons. The van der Waals surface area contributed by atoms with Crippen molar-refractivity contribution < 1.29 is 29.3 Å². The summed E-state index contributed by atoms with van der Waals surface area (Å²) in [5.74, 6) is -0.175. The van der Waals surface area contributed by atoms with Crippen LogP contribution in [0, 0.1) is 17.3 Å². The highest BCUT2D eigenvalue weighted by Crippen LogP contribution is 2.61. The minimum atomic E-state index is -0.893. The Morgan fingerprint density at radius 2 is 1.88 bits per heavy atom. The van der Waals surface area contributed by atoms with E-state index in [0.29, 0.717) is 18.3 Å². The van der Waals surface area contributed by atoms with E-state index in [1.165, 1.54) is 6.92 Å². The second-order valence-electron chi connectivity index (χ2n) is 8.05. The van der Waals surface area contributed by atoms with Crippen LogP contribution in [0.15, 0.2) is 12.2 Å². The van der Waals surface area contributed by atoms with Crippen LogP contribution in [0.3, 0.4) is 0 Å². The van der Waals surface area contributed by atoms with Gasteiger partial charge in [-0.3, -0.25) is 4.79 Å². The van der Waals surface area contributed by atoms with Gasteiger partial charge in [0.05, 0.1) is 17.6 Å². The first-order valence-corrected chi connectivity index (χ1v) is 8.62. The van der Waals surface area contributed by atoms with E-state index in [2.05, 4.69) is 6.58 Å². The molecular formula is C18H26O6. The summed E-state index contributed by atoms with van der Waals surface area (Å²) in [6.07, 6.45) is 3.76. The van der Waals surface area contributed by atoms with Crippen molar-refractivity contribution in [2.24, 2.45) is 17.3 Å². The molecular weight excluding hydrogens is 312 g/mol. The topological polar surface area (TPSA) is 93.1 Å². The zero-order valence-corrected chi connectivity index (χ0v) is 14.1. The number of esters is 2. The van der Waals surface area contributed by atoms with E-state index in [1.54, 1.807) is 0 Å². The molecule has 4 saturated carbocycles. The number of aliphatic hydroxyl groups excluding tert-OH is 1. The SMILES string of the molecule is C=C(C)C(=O)OC(CO)COC(=O)C12CC3CC(CC(O)(C3)C1)C2. The smallest absolute Gasteiger partial charge is 0.333 e. The fourth-order valence-corrected chi connectivity index (χ4v) is 5.15. The molecule has 4 bridgehead atoms. The van der Waals surface area contributed by atoms with Gasteiger partial charge in [-0.15, -0.1) is 0 Å². The van der Waals surface area contributed by atoms with Gasteiger partial charge in [-0.05, 0) is 57.3 Å². The van der Waals surface area contributed by atoms with Crippen LogP contribution in [-0.2, 0) is 19.1 Å². The first-order valence-electron chi connectivity index (χ1n) is 8.62. The molecule has 4 fully saturated rings. The molecule has 0 amide bonds. The van der Waals surface area contributed by atoms with Crippen LogP contribution < -0.4 is 0 Å². The second-order valence-corrected chi connectivity index (χ2v) is 8.05. The fourth-order valence-electron chi connectivity index (χ4n) is 5.15. The molecule has 6 nitrogen and oxygen atoms in total. The fraction of sp³-hybridized carbons (Fsp3) is 0.778. The van der Waals surface area contributed by atoms with Crippen molar-refractivity contribution >= 4 is 11.9 Å². The number of carbonyl (C=O) groups is 2. The largest absolute Gasteiger partial charge is 0.461 e. The third kappa shape index (κ3) is 3.22. The number of carbonyl (C=O) groups excluding carboxylic acids is 2. The Morgan fingerprint density at radius 3 is 2.38 bits per heavy atom. The van der Waals surface area contributed by atoms with Crippen molar-refractivity contribution in [2.45, 2.75) is 57.2 Å². The van der Waals surface area contributed by atoms with Crippen molar-refractivity contribution in [2.75, 3.05) is 13.2 Å². The van der Waals surface area contributed by atoms with Gasteiger partial charge in [0.1, 0.15) is 6.61 Å². The molecule has 0 saturated heterocycles. The third-order valence-electron chi connectivity index (χ3n) is 5.69. The van der Waals surface area contributed by atoms with E-state index in [4.69, 9.17) is 9.47 Å². The number of aliphatic hydroxyl groups is 2. The first kappa shape index (κ1) is 17.4. The van der Waals surface area contributed by atoms with E-state index in [0.717, 1.165) is 32.1 Å². The van der Waals surface area contributed by atoms with Crippen LogP contribution in [0.4, 0.5) is 0 Å². The third-order valence-corrected chi connectivity index (χ3v) is 5.69. The molecule has 4 aliphatic carbocycles. The Bertz CT molecular complexity index is 540. The molecule has 4 rings (SSSR count). The Hall–Kier alpha value is -1.40. The number of hydrogen-bond acceptors (Lipinski definition) is 6. The maximum absolute atomic E-state index is 12.7. The van der Waals surface area contributed by atoms with Gasteiger partial charge in [-0.25, -0.2) is 4.79 Å². The van der Waals surface area contributed by atoms with Gasteiger partial charge in [0.15, 0.2) is 6.10 Å². The van der Waals surface area contributed by atoms with Crippen LogP contribution in [0.2, 0.25) is 0 Å². The molecule has 0 aromatic heterocycles. The Morgan fingerprint density at radius 1 is 1.25 bits per heavy atom. The minimum absolute atomic E-state index is 0.177. The van der Waals surface area contributed by atoms with Crippen molar-refractivity contribution in [1.82, 2.24) is 0 Å². The molecule has 0 radical (unpaired) electrons. The summed E-state index contributed by atoms with van der Waals surface area (Å²) >= 11 is 0. The number of hydrogen-bond donors (Lipinski definition) is 2. The maximum atomic E-state index is 12.7. The van der Waals surface area contributed by atoms with E-state index in [-0.39, 0.29) is 18.1 Å². The Labute approximate surface area is 141 Å². The zero-order valence-electron chi connectivity index (χ0n) is 14.1. The molecule has 0 heterocycles. The van der Waals surface area contributed by atoms with Crippen LogP contribution in [-0.4, -0.2) is 47.1 Å². The summed E-state index contributed by atoms with van der Waals surface area (Å²) in [4.78, 5) is 24.2. The molecule has 0 aromatic rings. The van der Waals surface area contributed by atoms with Crippen molar-refractivity contribution in [3.63, 3.8) is 0 Å². The van der Waals surface area contributed by atoms with Crippen LogP contribution in [0.25, 0.3) is 0 Å². The molecule has 24 heavy (non-hydrogen) atoms. The average Bonchev–Trinajstić information content (AvgIpc) is 2.48. The quantitative estimate of drug-likeness (QED) is 0.561. The van der Waals surface area contributed by atoms with E-state index in [1.807, 2.05) is 0 Å². The highest BCUT2D eigenvalue weighted by Gasteiger charge is 2.60. The van der Waals surface area contributed by atoms with Crippen LogP contribution in [0.5, 0.6) is 0 Å². The summed E-state index contributed by atoms with van der Waals surface area (Å²) in [5.41, 5.74) is -1.12. The standard InChI is InChI=1S/C18H26O6/c1-11(2)15(20)24-14(8-19)9-23-16(21)17-4-12-3-13(5-17)7-18(22,6-12)10-17/h12-14,19,22H,1,3-10H2,2H3. The van der Waals surface area contributed by atoms with Crippen molar-refractivity contribution in [3.05, 3.63) is 12.2 Å². The van der Waals surface area contributed by atoms with Crippen LogP contribution in [0.1, 0.15) is 45.4 Å². The maximum Gasteiger partial charge on any atom is 0.333 e. The predicted molar refractivity (Wildman–Crippen MR) is 84.8 cm³/mol. The van der Waals surface area contributed by atoms with Gasteiger partial charge >= 0.3 is 11.9 Å². The predicted octanol–water partition coefficient (Wildman–Crippen LogP) is 1.34. The van der Waals surface area contributed by atoms with E-state index in [9.17, 15) is 19.8 Å². The van der Waals surface area contributed by atoms with E-state index < -0.39 is 29.7 Å². The molecule has 3 unspecified atom stereocenters. The molecule has 6 heteroatoms. The Kier molecular flexibility index (Phi) is 4.47. The molecule has 4 aliphatic rings. The second kappa shape index (κ2) is 6.15. The summed E-state index contributed by atoms with van der Waals surface area (Å²) < 4.78 is 10.4. The Balaban J connectivity index is 1.60. The van der Waals surface area contributed by atoms with Gasteiger partial charge in [-0.1, -0.05) is 6.58 Å². The first-order chi connectivity index (χ1) is 11.3. The molecule has 0 aromatic carbocycles. The summed E-state index contributed by atoms with van der Waals surface area (Å²) in [7, 11) is 0. The molecule has 0 spiro atoms. The van der Waals surface area contributed by atoms with E-state index >= 15 is 0 Å². The molecule has 3 atom stereocenters. The van der Waals surface area contributed by atoms with Gasteiger partial charge in [0.2, 0.25) is 0 Å².